The largest absolute Gasteiger partial charge is 0.314 e. The summed E-state index contributed by atoms with van der Waals surface area (Å²) in [6.07, 6.45) is 10.1. The fourth-order valence-electron chi connectivity index (χ4n) is 3.98. The average Bonchev–Trinajstić information content (AvgIpc) is 2.27. The fourth-order valence-corrected chi connectivity index (χ4v) is 3.98. The first-order chi connectivity index (χ1) is 8.13. The molecule has 0 radical (unpaired) electrons. The minimum Gasteiger partial charge on any atom is -0.314 e. The molecule has 0 amide bonds. The van der Waals surface area contributed by atoms with Crippen LogP contribution in [0.15, 0.2) is 0 Å². The summed E-state index contributed by atoms with van der Waals surface area (Å²) in [5.74, 6) is 3.82. The van der Waals surface area contributed by atoms with Crippen molar-refractivity contribution in [2.75, 3.05) is 6.54 Å². The van der Waals surface area contributed by atoms with Crippen molar-refractivity contribution in [1.29, 1.82) is 0 Å². The molecule has 1 N–H and O–H groups in total. The van der Waals surface area contributed by atoms with E-state index in [0.717, 1.165) is 29.7 Å². The van der Waals surface area contributed by atoms with Gasteiger partial charge in [0.05, 0.1) is 0 Å². The molecule has 0 aromatic heterocycles. The molecule has 2 saturated carbocycles. The molecular formula is C16H31N. The molecule has 2 rings (SSSR count). The summed E-state index contributed by atoms with van der Waals surface area (Å²) >= 11 is 0. The normalized spacial score (nSPS) is 43.6. The third-order valence-electron chi connectivity index (χ3n) is 5.01. The van der Waals surface area contributed by atoms with Crippen LogP contribution in [0.4, 0.5) is 0 Å². The zero-order valence-corrected chi connectivity index (χ0v) is 12.0. The average molecular weight is 237 g/mol. The van der Waals surface area contributed by atoms with Gasteiger partial charge in [-0.15, -0.1) is 0 Å². The van der Waals surface area contributed by atoms with Gasteiger partial charge in [0.15, 0.2) is 0 Å². The molecule has 0 spiro atoms. The highest BCUT2D eigenvalue weighted by Gasteiger charge is 2.25. The second-order valence-corrected chi connectivity index (χ2v) is 7.15. The van der Waals surface area contributed by atoms with Gasteiger partial charge in [-0.05, 0) is 62.3 Å². The Labute approximate surface area is 108 Å². The summed E-state index contributed by atoms with van der Waals surface area (Å²) < 4.78 is 0. The van der Waals surface area contributed by atoms with Crippen LogP contribution in [0.1, 0.15) is 65.7 Å². The van der Waals surface area contributed by atoms with E-state index in [1.807, 2.05) is 0 Å². The Hall–Kier alpha value is -0.0400. The van der Waals surface area contributed by atoms with E-state index >= 15 is 0 Å². The third kappa shape index (κ3) is 4.28. The predicted molar refractivity (Wildman–Crippen MR) is 75.1 cm³/mol. The van der Waals surface area contributed by atoms with Crippen molar-refractivity contribution in [3.63, 3.8) is 0 Å². The molecule has 0 aromatic rings. The van der Waals surface area contributed by atoms with Gasteiger partial charge in [0, 0.05) is 6.04 Å². The molecule has 0 saturated heterocycles. The summed E-state index contributed by atoms with van der Waals surface area (Å²) in [6, 6.07) is 0.813. The van der Waals surface area contributed by atoms with E-state index in [9.17, 15) is 0 Å². The lowest BCUT2D eigenvalue weighted by Crippen LogP contribution is -2.39. The van der Waals surface area contributed by atoms with E-state index in [2.05, 4.69) is 26.1 Å². The second kappa shape index (κ2) is 6.22. The lowest BCUT2D eigenvalue weighted by molar-refractivity contribution is 0.216. The molecule has 2 fully saturated rings. The minimum atomic E-state index is 0.813. The maximum atomic E-state index is 3.87. The highest BCUT2D eigenvalue weighted by Crippen LogP contribution is 2.30. The van der Waals surface area contributed by atoms with E-state index in [1.165, 1.54) is 51.5 Å². The van der Waals surface area contributed by atoms with Crippen molar-refractivity contribution in [1.82, 2.24) is 5.32 Å². The van der Waals surface area contributed by atoms with Crippen LogP contribution in [0.5, 0.6) is 0 Å². The number of hydrogen-bond donors (Lipinski definition) is 1. The van der Waals surface area contributed by atoms with E-state index in [0.29, 0.717) is 0 Å². The Morgan fingerprint density at radius 2 is 1.35 bits per heavy atom. The lowest BCUT2D eigenvalue weighted by Gasteiger charge is -2.34. The van der Waals surface area contributed by atoms with Gasteiger partial charge in [-0.2, -0.15) is 0 Å². The number of nitrogens with one attached hydrogen (secondary N) is 1. The van der Waals surface area contributed by atoms with Crippen molar-refractivity contribution in [2.24, 2.45) is 23.7 Å². The Morgan fingerprint density at radius 3 is 1.94 bits per heavy atom. The van der Waals surface area contributed by atoms with Crippen LogP contribution in [0.2, 0.25) is 0 Å². The van der Waals surface area contributed by atoms with Gasteiger partial charge in [-0.3, -0.25) is 0 Å². The molecule has 1 nitrogen and oxygen atoms in total. The first-order valence-corrected chi connectivity index (χ1v) is 7.87. The first-order valence-electron chi connectivity index (χ1n) is 7.87. The molecule has 17 heavy (non-hydrogen) atoms. The first kappa shape index (κ1) is 13.4. The summed E-state index contributed by atoms with van der Waals surface area (Å²) in [5.41, 5.74) is 0. The Bertz CT molecular complexity index is 208. The molecule has 0 aromatic carbocycles. The van der Waals surface area contributed by atoms with E-state index in [4.69, 9.17) is 0 Å². The molecule has 0 aliphatic heterocycles. The van der Waals surface area contributed by atoms with Crippen LogP contribution in [0.25, 0.3) is 0 Å². The van der Waals surface area contributed by atoms with Gasteiger partial charge >= 0.3 is 0 Å². The van der Waals surface area contributed by atoms with Crippen LogP contribution in [0.3, 0.4) is 0 Å². The molecule has 2 aliphatic rings. The highest BCUT2D eigenvalue weighted by atomic mass is 14.9. The molecule has 0 heterocycles. The monoisotopic (exact) mass is 237 g/mol. The zero-order valence-electron chi connectivity index (χ0n) is 12.0. The molecule has 1 heteroatoms. The summed E-state index contributed by atoms with van der Waals surface area (Å²) in [7, 11) is 0. The van der Waals surface area contributed by atoms with Gasteiger partial charge < -0.3 is 5.32 Å². The quantitative estimate of drug-likeness (QED) is 0.774. The van der Waals surface area contributed by atoms with E-state index in [-0.39, 0.29) is 0 Å². The van der Waals surface area contributed by atoms with Crippen LogP contribution >= 0.6 is 0 Å². The Kier molecular flexibility index (Phi) is 4.90. The van der Waals surface area contributed by atoms with Crippen LogP contribution in [-0.4, -0.2) is 12.6 Å². The minimum absolute atomic E-state index is 0.813. The van der Waals surface area contributed by atoms with Gasteiger partial charge in [-0.1, -0.05) is 33.6 Å². The van der Waals surface area contributed by atoms with Crippen molar-refractivity contribution >= 4 is 0 Å². The van der Waals surface area contributed by atoms with Crippen LogP contribution in [-0.2, 0) is 0 Å². The molecule has 0 bridgehead atoms. The molecule has 2 atom stereocenters. The lowest BCUT2D eigenvalue weighted by atomic mass is 9.79. The zero-order chi connectivity index (χ0) is 12.3. The topological polar surface area (TPSA) is 12.0 Å². The molecule has 2 aliphatic carbocycles. The van der Waals surface area contributed by atoms with Crippen molar-refractivity contribution in [2.45, 2.75) is 71.8 Å². The van der Waals surface area contributed by atoms with Gasteiger partial charge in [0.25, 0.3) is 0 Å². The molecule has 2 unspecified atom stereocenters. The third-order valence-corrected chi connectivity index (χ3v) is 5.01. The van der Waals surface area contributed by atoms with Gasteiger partial charge in [0.1, 0.15) is 0 Å². The summed E-state index contributed by atoms with van der Waals surface area (Å²) in [6.45, 7) is 8.55. The maximum absolute atomic E-state index is 3.87. The molecular weight excluding hydrogens is 206 g/mol. The molecule has 100 valence electrons. The van der Waals surface area contributed by atoms with Gasteiger partial charge in [0.2, 0.25) is 0 Å². The number of hydrogen-bond acceptors (Lipinski definition) is 1. The second-order valence-electron chi connectivity index (χ2n) is 7.15. The summed E-state index contributed by atoms with van der Waals surface area (Å²) in [4.78, 5) is 0. The van der Waals surface area contributed by atoms with Crippen LogP contribution < -0.4 is 5.32 Å². The predicted octanol–water partition coefficient (Wildman–Crippen LogP) is 4.23. The Morgan fingerprint density at radius 1 is 0.765 bits per heavy atom. The number of rotatable bonds is 3. The maximum Gasteiger partial charge on any atom is 0.00722 e. The van der Waals surface area contributed by atoms with E-state index < -0.39 is 0 Å². The SMILES string of the molecule is CC1CCC(CNC2CC(C)CC(C)C2)CC1. The van der Waals surface area contributed by atoms with Crippen LogP contribution in [0, 0.1) is 23.7 Å². The summed E-state index contributed by atoms with van der Waals surface area (Å²) in [5, 5.41) is 3.87. The van der Waals surface area contributed by atoms with E-state index in [1.54, 1.807) is 0 Å². The standard InChI is InChI=1S/C16H31N/c1-12-4-6-15(7-5-12)11-17-16-9-13(2)8-14(3)10-16/h12-17H,4-11H2,1-3H3. The van der Waals surface area contributed by atoms with Crippen molar-refractivity contribution in [3.8, 4) is 0 Å². The van der Waals surface area contributed by atoms with Gasteiger partial charge in [-0.25, -0.2) is 0 Å². The van der Waals surface area contributed by atoms with Crippen molar-refractivity contribution in [3.05, 3.63) is 0 Å². The smallest absolute Gasteiger partial charge is 0.00722 e. The van der Waals surface area contributed by atoms with Crippen molar-refractivity contribution < 1.29 is 0 Å². The Balaban J connectivity index is 1.67. The highest BCUT2D eigenvalue weighted by molar-refractivity contribution is 4.81. The fraction of sp³-hybridized carbons (Fsp3) is 1.00.